The Hall–Kier alpha value is -1.61. The minimum Gasteiger partial charge on any atom is -0.327 e. The zero-order valence-corrected chi connectivity index (χ0v) is 11.4. The van der Waals surface area contributed by atoms with Gasteiger partial charge in [-0.2, -0.15) is 5.10 Å². The van der Waals surface area contributed by atoms with Crippen LogP contribution in [0.15, 0.2) is 36.7 Å². The second kappa shape index (κ2) is 5.17. The van der Waals surface area contributed by atoms with Crippen LogP contribution >= 0.6 is 0 Å². The zero-order chi connectivity index (χ0) is 13.2. The van der Waals surface area contributed by atoms with E-state index in [-0.39, 0.29) is 6.04 Å². The molecule has 0 saturated heterocycles. The highest BCUT2D eigenvalue weighted by atomic mass is 15.2. The first-order chi connectivity index (χ1) is 9.22. The summed E-state index contributed by atoms with van der Waals surface area (Å²) in [5.41, 5.74) is 10.6. The van der Waals surface area contributed by atoms with Crippen molar-refractivity contribution in [2.24, 2.45) is 18.7 Å². The molecule has 2 atom stereocenters. The number of hydrogen-bond donors (Lipinski definition) is 1. The second-order valence-electron chi connectivity index (χ2n) is 5.66. The standard InChI is InChI=1S/C16H21N3/c1-19-11-12(10-18-19)8-16(17)15-7-6-13-4-2-3-5-14(13)9-15/h2-5,10-11,15-16H,6-9,17H2,1H3. The molecule has 0 aliphatic heterocycles. The Labute approximate surface area is 114 Å². The average molecular weight is 255 g/mol. The summed E-state index contributed by atoms with van der Waals surface area (Å²) < 4.78 is 1.85. The molecule has 1 aliphatic carbocycles. The normalized spacial score (nSPS) is 20.0. The minimum absolute atomic E-state index is 0.234. The molecular weight excluding hydrogens is 234 g/mol. The third kappa shape index (κ3) is 2.71. The van der Waals surface area contributed by atoms with Crippen LogP contribution in [0.25, 0.3) is 0 Å². The van der Waals surface area contributed by atoms with Crippen molar-refractivity contribution in [1.82, 2.24) is 9.78 Å². The van der Waals surface area contributed by atoms with E-state index in [0.29, 0.717) is 5.92 Å². The topological polar surface area (TPSA) is 43.8 Å². The van der Waals surface area contributed by atoms with E-state index in [2.05, 4.69) is 35.6 Å². The fraction of sp³-hybridized carbons (Fsp3) is 0.438. The van der Waals surface area contributed by atoms with Crippen LogP contribution in [0, 0.1) is 5.92 Å². The fourth-order valence-electron chi connectivity index (χ4n) is 3.11. The Kier molecular flexibility index (Phi) is 3.38. The van der Waals surface area contributed by atoms with Crippen molar-refractivity contribution < 1.29 is 0 Å². The maximum Gasteiger partial charge on any atom is 0.0522 e. The number of aryl methyl sites for hydroxylation is 2. The Morgan fingerprint density at radius 2 is 2.16 bits per heavy atom. The van der Waals surface area contributed by atoms with Crippen molar-refractivity contribution in [1.29, 1.82) is 0 Å². The van der Waals surface area contributed by atoms with Crippen LogP contribution < -0.4 is 5.73 Å². The summed E-state index contributed by atoms with van der Waals surface area (Å²) >= 11 is 0. The molecule has 2 unspecified atom stereocenters. The van der Waals surface area contributed by atoms with Gasteiger partial charge in [0.2, 0.25) is 0 Å². The molecular formula is C16H21N3. The van der Waals surface area contributed by atoms with Crippen LogP contribution in [0.4, 0.5) is 0 Å². The summed E-state index contributed by atoms with van der Waals surface area (Å²) in [4.78, 5) is 0. The van der Waals surface area contributed by atoms with Crippen LogP contribution in [0.1, 0.15) is 23.1 Å². The molecule has 19 heavy (non-hydrogen) atoms. The molecule has 0 saturated carbocycles. The summed E-state index contributed by atoms with van der Waals surface area (Å²) in [7, 11) is 1.95. The highest BCUT2D eigenvalue weighted by molar-refractivity contribution is 5.30. The molecule has 0 spiro atoms. The predicted molar refractivity (Wildman–Crippen MR) is 76.8 cm³/mol. The number of hydrogen-bond acceptors (Lipinski definition) is 2. The first-order valence-electron chi connectivity index (χ1n) is 7.02. The van der Waals surface area contributed by atoms with Gasteiger partial charge in [-0.15, -0.1) is 0 Å². The first kappa shape index (κ1) is 12.4. The Bertz CT molecular complexity index is 559. The zero-order valence-electron chi connectivity index (χ0n) is 11.4. The number of benzene rings is 1. The van der Waals surface area contributed by atoms with E-state index in [9.17, 15) is 0 Å². The average Bonchev–Trinajstić information content (AvgIpc) is 2.83. The summed E-state index contributed by atoms with van der Waals surface area (Å²) in [6, 6.07) is 9.00. The molecule has 0 radical (unpaired) electrons. The second-order valence-corrected chi connectivity index (χ2v) is 5.66. The molecule has 3 nitrogen and oxygen atoms in total. The molecule has 1 aromatic heterocycles. The summed E-state index contributed by atoms with van der Waals surface area (Å²) in [5.74, 6) is 0.593. The fourth-order valence-corrected chi connectivity index (χ4v) is 3.11. The molecule has 0 fully saturated rings. The van der Waals surface area contributed by atoms with Crippen LogP contribution in [-0.4, -0.2) is 15.8 Å². The van der Waals surface area contributed by atoms with Crippen molar-refractivity contribution in [2.45, 2.75) is 31.7 Å². The number of rotatable bonds is 3. The minimum atomic E-state index is 0.234. The van der Waals surface area contributed by atoms with E-state index in [1.165, 1.54) is 29.5 Å². The van der Waals surface area contributed by atoms with Crippen LogP contribution in [0.3, 0.4) is 0 Å². The van der Waals surface area contributed by atoms with Gasteiger partial charge in [-0.3, -0.25) is 4.68 Å². The molecule has 3 heteroatoms. The van der Waals surface area contributed by atoms with Crippen LogP contribution in [0.5, 0.6) is 0 Å². The SMILES string of the molecule is Cn1cc(CC(N)C2CCc3ccccc3C2)cn1. The summed E-state index contributed by atoms with van der Waals surface area (Å²) in [6.07, 6.45) is 8.42. The molecule has 100 valence electrons. The van der Waals surface area contributed by atoms with Crippen molar-refractivity contribution in [3.63, 3.8) is 0 Å². The number of nitrogens with zero attached hydrogens (tertiary/aromatic N) is 2. The Morgan fingerprint density at radius 1 is 1.37 bits per heavy atom. The number of aromatic nitrogens is 2. The summed E-state index contributed by atoms with van der Waals surface area (Å²) in [6.45, 7) is 0. The lowest BCUT2D eigenvalue weighted by Crippen LogP contribution is -2.35. The molecule has 1 aliphatic rings. The van der Waals surface area contributed by atoms with Crippen LogP contribution in [0.2, 0.25) is 0 Å². The van der Waals surface area contributed by atoms with Crippen molar-refractivity contribution in [3.8, 4) is 0 Å². The van der Waals surface area contributed by atoms with Crippen molar-refractivity contribution in [3.05, 3.63) is 53.3 Å². The Morgan fingerprint density at radius 3 is 2.89 bits per heavy atom. The van der Waals surface area contributed by atoms with Gasteiger partial charge < -0.3 is 5.73 Å². The summed E-state index contributed by atoms with van der Waals surface area (Å²) in [5, 5.41) is 4.21. The van der Waals surface area contributed by atoms with E-state index in [1.807, 2.05) is 17.9 Å². The maximum absolute atomic E-state index is 6.41. The molecule has 3 rings (SSSR count). The lowest BCUT2D eigenvalue weighted by molar-refractivity contribution is 0.372. The van der Waals surface area contributed by atoms with Crippen molar-refractivity contribution >= 4 is 0 Å². The third-order valence-electron chi connectivity index (χ3n) is 4.22. The van der Waals surface area contributed by atoms with E-state index in [4.69, 9.17) is 5.73 Å². The molecule has 1 heterocycles. The highest BCUT2D eigenvalue weighted by Gasteiger charge is 2.24. The molecule has 0 bridgehead atoms. The van der Waals surface area contributed by atoms with Gasteiger partial charge >= 0.3 is 0 Å². The van der Waals surface area contributed by atoms with E-state index in [1.54, 1.807) is 0 Å². The number of fused-ring (bicyclic) bond motifs is 1. The van der Waals surface area contributed by atoms with Gasteiger partial charge in [-0.1, -0.05) is 24.3 Å². The molecule has 1 aromatic carbocycles. The maximum atomic E-state index is 6.41. The van der Waals surface area contributed by atoms with Gasteiger partial charge in [0.25, 0.3) is 0 Å². The van der Waals surface area contributed by atoms with Gasteiger partial charge in [-0.05, 0) is 48.3 Å². The first-order valence-corrected chi connectivity index (χ1v) is 7.02. The quantitative estimate of drug-likeness (QED) is 0.912. The lowest BCUT2D eigenvalue weighted by atomic mass is 9.79. The van der Waals surface area contributed by atoms with E-state index < -0.39 is 0 Å². The van der Waals surface area contributed by atoms with Gasteiger partial charge in [-0.25, -0.2) is 0 Å². The van der Waals surface area contributed by atoms with Gasteiger partial charge in [0.15, 0.2) is 0 Å². The van der Waals surface area contributed by atoms with E-state index >= 15 is 0 Å². The predicted octanol–water partition coefficient (Wildman–Crippen LogP) is 2.09. The monoisotopic (exact) mass is 255 g/mol. The third-order valence-corrected chi connectivity index (χ3v) is 4.22. The highest BCUT2D eigenvalue weighted by Crippen LogP contribution is 2.27. The van der Waals surface area contributed by atoms with Crippen LogP contribution in [-0.2, 0) is 26.3 Å². The van der Waals surface area contributed by atoms with E-state index in [0.717, 1.165) is 12.8 Å². The largest absolute Gasteiger partial charge is 0.327 e. The van der Waals surface area contributed by atoms with Gasteiger partial charge in [0.1, 0.15) is 0 Å². The molecule has 2 N–H and O–H groups in total. The molecule has 2 aromatic rings. The smallest absolute Gasteiger partial charge is 0.0522 e. The Balaban J connectivity index is 1.67. The molecule has 0 amide bonds. The number of nitrogens with two attached hydrogens (primary N) is 1. The van der Waals surface area contributed by atoms with Gasteiger partial charge in [0.05, 0.1) is 6.20 Å². The lowest BCUT2D eigenvalue weighted by Gasteiger charge is -2.29. The van der Waals surface area contributed by atoms with Gasteiger partial charge in [0, 0.05) is 19.3 Å². The van der Waals surface area contributed by atoms with Crippen molar-refractivity contribution in [2.75, 3.05) is 0 Å².